The number of carbonyl (C=O) groups excluding carboxylic acids is 1. The summed E-state index contributed by atoms with van der Waals surface area (Å²) < 4.78 is 1.79. The van der Waals surface area contributed by atoms with Crippen molar-refractivity contribution >= 4 is 17.4 Å². The molecule has 0 saturated heterocycles. The van der Waals surface area contributed by atoms with Crippen LogP contribution in [-0.2, 0) is 13.0 Å². The SMILES string of the molecule is Cc1cc(Cl)cc(C(=O)Cc2ncnn2CC(C)C)c1. The van der Waals surface area contributed by atoms with E-state index in [9.17, 15) is 4.79 Å². The van der Waals surface area contributed by atoms with E-state index in [1.54, 1.807) is 10.7 Å². The van der Waals surface area contributed by atoms with Crippen LogP contribution < -0.4 is 0 Å². The molecule has 0 radical (unpaired) electrons. The second kappa shape index (κ2) is 6.18. The summed E-state index contributed by atoms with van der Waals surface area (Å²) in [7, 11) is 0. The Morgan fingerprint density at radius 1 is 1.35 bits per heavy atom. The maximum Gasteiger partial charge on any atom is 0.170 e. The zero-order valence-corrected chi connectivity index (χ0v) is 12.7. The van der Waals surface area contributed by atoms with E-state index in [4.69, 9.17) is 11.6 Å². The van der Waals surface area contributed by atoms with Crippen LogP contribution in [0.15, 0.2) is 24.5 Å². The number of nitrogens with zero attached hydrogens (tertiary/aromatic N) is 3. The van der Waals surface area contributed by atoms with Crippen molar-refractivity contribution in [1.82, 2.24) is 14.8 Å². The lowest BCUT2D eigenvalue weighted by atomic mass is 10.1. The average molecular weight is 292 g/mol. The van der Waals surface area contributed by atoms with Gasteiger partial charge in [-0.25, -0.2) is 9.67 Å². The van der Waals surface area contributed by atoms with Gasteiger partial charge in [0.25, 0.3) is 0 Å². The Hall–Kier alpha value is -1.68. The maximum absolute atomic E-state index is 12.3. The molecule has 20 heavy (non-hydrogen) atoms. The molecule has 2 aromatic rings. The molecule has 1 aromatic heterocycles. The Kier molecular flexibility index (Phi) is 4.55. The van der Waals surface area contributed by atoms with Gasteiger partial charge in [-0.05, 0) is 36.6 Å². The van der Waals surface area contributed by atoms with E-state index < -0.39 is 0 Å². The van der Waals surface area contributed by atoms with E-state index in [0.29, 0.717) is 22.3 Å². The number of benzene rings is 1. The highest BCUT2D eigenvalue weighted by atomic mass is 35.5. The Morgan fingerprint density at radius 3 is 2.75 bits per heavy atom. The fourth-order valence-corrected chi connectivity index (χ4v) is 2.36. The number of halogens is 1. The second-order valence-corrected chi connectivity index (χ2v) is 5.81. The van der Waals surface area contributed by atoms with Crippen LogP contribution in [0, 0.1) is 12.8 Å². The molecular weight excluding hydrogens is 274 g/mol. The zero-order chi connectivity index (χ0) is 14.7. The number of aryl methyl sites for hydroxylation is 1. The van der Waals surface area contributed by atoms with Crippen molar-refractivity contribution in [3.63, 3.8) is 0 Å². The van der Waals surface area contributed by atoms with Crippen molar-refractivity contribution in [2.75, 3.05) is 0 Å². The van der Waals surface area contributed by atoms with Crippen molar-refractivity contribution in [2.45, 2.75) is 33.7 Å². The molecule has 0 atom stereocenters. The summed E-state index contributed by atoms with van der Waals surface area (Å²) in [6, 6.07) is 5.37. The Bertz CT molecular complexity index is 599. The van der Waals surface area contributed by atoms with Crippen molar-refractivity contribution < 1.29 is 4.79 Å². The van der Waals surface area contributed by atoms with Crippen LogP contribution in [0.5, 0.6) is 0 Å². The van der Waals surface area contributed by atoms with E-state index in [2.05, 4.69) is 23.9 Å². The molecule has 1 heterocycles. The van der Waals surface area contributed by atoms with Gasteiger partial charge in [0.15, 0.2) is 5.78 Å². The van der Waals surface area contributed by atoms with E-state index in [-0.39, 0.29) is 12.2 Å². The molecule has 0 saturated carbocycles. The van der Waals surface area contributed by atoms with Gasteiger partial charge in [0.1, 0.15) is 12.2 Å². The highest BCUT2D eigenvalue weighted by Gasteiger charge is 2.13. The summed E-state index contributed by atoms with van der Waals surface area (Å²) in [6.07, 6.45) is 1.74. The predicted octanol–water partition coefficient (Wildman–Crippen LogP) is 3.32. The lowest BCUT2D eigenvalue weighted by molar-refractivity contribution is 0.0989. The first-order chi connectivity index (χ1) is 9.45. The molecule has 0 unspecified atom stereocenters. The molecule has 0 aliphatic heterocycles. The highest BCUT2D eigenvalue weighted by Crippen LogP contribution is 2.16. The van der Waals surface area contributed by atoms with Gasteiger partial charge in [-0.15, -0.1) is 0 Å². The average Bonchev–Trinajstić information content (AvgIpc) is 2.74. The van der Waals surface area contributed by atoms with Crippen molar-refractivity contribution in [1.29, 1.82) is 0 Å². The van der Waals surface area contributed by atoms with Gasteiger partial charge < -0.3 is 0 Å². The van der Waals surface area contributed by atoms with Crippen molar-refractivity contribution in [3.8, 4) is 0 Å². The summed E-state index contributed by atoms with van der Waals surface area (Å²) in [5.74, 6) is 1.16. The molecule has 5 heteroatoms. The number of Topliss-reactive ketones (excluding diaryl/α,β-unsaturated/α-hetero) is 1. The van der Waals surface area contributed by atoms with Crippen LogP contribution in [0.3, 0.4) is 0 Å². The first-order valence-corrected chi connectivity index (χ1v) is 7.00. The molecule has 4 nitrogen and oxygen atoms in total. The van der Waals surface area contributed by atoms with E-state index in [1.807, 2.05) is 19.1 Å². The second-order valence-electron chi connectivity index (χ2n) is 5.37. The summed E-state index contributed by atoms with van der Waals surface area (Å²) in [6.45, 7) is 6.89. The molecule has 0 aliphatic rings. The molecule has 0 spiro atoms. The van der Waals surface area contributed by atoms with Crippen LogP contribution in [0.4, 0.5) is 0 Å². The highest BCUT2D eigenvalue weighted by molar-refractivity contribution is 6.31. The fraction of sp³-hybridized carbons (Fsp3) is 0.400. The van der Waals surface area contributed by atoms with Crippen LogP contribution >= 0.6 is 11.6 Å². The maximum atomic E-state index is 12.3. The van der Waals surface area contributed by atoms with E-state index >= 15 is 0 Å². The van der Waals surface area contributed by atoms with Gasteiger partial charge >= 0.3 is 0 Å². The lowest BCUT2D eigenvalue weighted by Gasteiger charge is -2.08. The summed E-state index contributed by atoms with van der Waals surface area (Å²) in [5.41, 5.74) is 1.60. The summed E-state index contributed by atoms with van der Waals surface area (Å²) >= 11 is 5.99. The monoisotopic (exact) mass is 291 g/mol. The fourth-order valence-electron chi connectivity index (χ4n) is 2.07. The summed E-state index contributed by atoms with van der Waals surface area (Å²) in [4.78, 5) is 16.5. The smallest absolute Gasteiger partial charge is 0.170 e. The Labute approximate surface area is 123 Å². The Morgan fingerprint density at radius 2 is 2.10 bits per heavy atom. The quantitative estimate of drug-likeness (QED) is 0.794. The number of carbonyl (C=O) groups is 1. The van der Waals surface area contributed by atoms with Crippen molar-refractivity contribution in [3.05, 3.63) is 46.5 Å². The van der Waals surface area contributed by atoms with Crippen LogP contribution in [0.2, 0.25) is 5.02 Å². The molecule has 0 bridgehead atoms. The Balaban J connectivity index is 2.17. The van der Waals surface area contributed by atoms with Crippen molar-refractivity contribution in [2.24, 2.45) is 5.92 Å². The third kappa shape index (κ3) is 3.67. The number of hydrogen-bond donors (Lipinski definition) is 0. The number of ketones is 1. The molecule has 0 amide bonds. The molecule has 1 aromatic carbocycles. The minimum atomic E-state index is 0.00797. The number of aromatic nitrogens is 3. The standard InChI is InChI=1S/C15H18ClN3O/c1-10(2)8-19-15(17-9-18-19)7-14(20)12-4-11(3)5-13(16)6-12/h4-6,9-10H,7-8H2,1-3H3. The zero-order valence-electron chi connectivity index (χ0n) is 11.9. The van der Waals surface area contributed by atoms with Crippen LogP contribution in [0.1, 0.15) is 35.6 Å². The topological polar surface area (TPSA) is 47.8 Å². The third-order valence-electron chi connectivity index (χ3n) is 2.92. The van der Waals surface area contributed by atoms with E-state index in [1.165, 1.54) is 6.33 Å². The molecule has 0 N–H and O–H groups in total. The predicted molar refractivity (Wildman–Crippen MR) is 79.1 cm³/mol. The molecule has 106 valence electrons. The van der Waals surface area contributed by atoms with Crippen LogP contribution in [0.25, 0.3) is 0 Å². The molecular formula is C15H18ClN3O. The van der Waals surface area contributed by atoms with Gasteiger partial charge in [-0.1, -0.05) is 25.4 Å². The molecule has 2 rings (SSSR count). The minimum Gasteiger partial charge on any atom is -0.294 e. The lowest BCUT2D eigenvalue weighted by Crippen LogP contribution is -2.14. The number of rotatable bonds is 5. The van der Waals surface area contributed by atoms with Gasteiger partial charge in [0.2, 0.25) is 0 Å². The molecule has 0 fully saturated rings. The van der Waals surface area contributed by atoms with Crippen LogP contribution in [-0.4, -0.2) is 20.5 Å². The third-order valence-corrected chi connectivity index (χ3v) is 3.13. The van der Waals surface area contributed by atoms with Gasteiger partial charge in [0.05, 0.1) is 6.42 Å². The largest absolute Gasteiger partial charge is 0.294 e. The van der Waals surface area contributed by atoms with Gasteiger partial charge in [0, 0.05) is 17.1 Å². The normalized spacial score (nSPS) is 11.1. The number of hydrogen-bond acceptors (Lipinski definition) is 3. The van der Waals surface area contributed by atoms with E-state index in [0.717, 1.165) is 12.1 Å². The van der Waals surface area contributed by atoms with Gasteiger partial charge in [-0.2, -0.15) is 5.10 Å². The first-order valence-electron chi connectivity index (χ1n) is 6.63. The summed E-state index contributed by atoms with van der Waals surface area (Å²) in [5, 5.41) is 4.75. The van der Waals surface area contributed by atoms with Gasteiger partial charge in [-0.3, -0.25) is 4.79 Å². The molecule has 0 aliphatic carbocycles. The minimum absolute atomic E-state index is 0.00797. The first kappa shape index (κ1) is 14.7.